The standard InChI is InChI=1S/C20H18N2O6/c1-26-18-10-13(11-19(27-2)20(18)28-3)8-9-17(23)16-12-21(24)14-6-4-5-7-15(14)22(16)25/h4-12H,1-3H3/b9-8+. The van der Waals surface area contributed by atoms with Gasteiger partial charge in [-0.25, -0.2) is 0 Å². The van der Waals surface area contributed by atoms with Crippen LogP contribution in [0, 0.1) is 10.4 Å². The average Bonchev–Trinajstić information content (AvgIpc) is 2.73. The number of ether oxygens (including phenoxy) is 3. The minimum Gasteiger partial charge on any atom is -0.618 e. The lowest BCUT2D eigenvalue weighted by Gasteiger charge is -2.12. The molecule has 0 fully saturated rings. The van der Waals surface area contributed by atoms with Crippen molar-refractivity contribution in [1.29, 1.82) is 0 Å². The van der Waals surface area contributed by atoms with Gasteiger partial charge in [-0.2, -0.15) is 9.46 Å². The first kappa shape index (κ1) is 19.0. The quantitative estimate of drug-likeness (QED) is 0.280. The van der Waals surface area contributed by atoms with Crippen molar-refractivity contribution in [1.82, 2.24) is 0 Å². The monoisotopic (exact) mass is 382 g/mol. The summed E-state index contributed by atoms with van der Waals surface area (Å²) in [5.41, 5.74) is 0.612. The summed E-state index contributed by atoms with van der Waals surface area (Å²) >= 11 is 0. The molecule has 0 N–H and O–H groups in total. The molecule has 0 amide bonds. The molecule has 8 heteroatoms. The smallest absolute Gasteiger partial charge is 0.330 e. The Morgan fingerprint density at radius 2 is 1.57 bits per heavy atom. The second kappa shape index (κ2) is 7.83. The van der Waals surface area contributed by atoms with E-state index >= 15 is 0 Å². The molecule has 8 nitrogen and oxygen atoms in total. The topological polar surface area (TPSA) is 98.6 Å². The fourth-order valence-electron chi connectivity index (χ4n) is 2.80. The maximum absolute atomic E-state index is 12.5. The summed E-state index contributed by atoms with van der Waals surface area (Å²) in [4.78, 5) is 12.5. The Hall–Kier alpha value is -3.81. The first-order chi connectivity index (χ1) is 13.5. The summed E-state index contributed by atoms with van der Waals surface area (Å²) in [7, 11) is 4.46. The van der Waals surface area contributed by atoms with Crippen LogP contribution in [0.4, 0.5) is 0 Å². The lowest BCUT2D eigenvalue weighted by Crippen LogP contribution is -2.43. The van der Waals surface area contributed by atoms with Crippen LogP contribution in [0.3, 0.4) is 0 Å². The van der Waals surface area contributed by atoms with E-state index < -0.39 is 5.78 Å². The Morgan fingerprint density at radius 3 is 2.14 bits per heavy atom. The van der Waals surface area contributed by atoms with Crippen molar-refractivity contribution in [3.05, 3.63) is 70.3 Å². The number of nitrogens with zero attached hydrogens (tertiary/aromatic N) is 2. The Bertz CT molecular complexity index is 1050. The number of hydrogen-bond acceptors (Lipinski definition) is 6. The molecule has 0 unspecified atom stereocenters. The number of hydrogen-bond donors (Lipinski definition) is 0. The highest BCUT2D eigenvalue weighted by atomic mass is 16.5. The molecule has 0 aliphatic carbocycles. The van der Waals surface area contributed by atoms with E-state index in [2.05, 4.69) is 0 Å². The van der Waals surface area contributed by atoms with Crippen LogP contribution in [0.2, 0.25) is 0 Å². The zero-order valence-corrected chi connectivity index (χ0v) is 15.5. The van der Waals surface area contributed by atoms with Crippen LogP contribution in [0.5, 0.6) is 17.2 Å². The molecule has 0 aliphatic rings. The van der Waals surface area contributed by atoms with Crippen LogP contribution in [-0.4, -0.2) is 27.1 Å². The number of carbonyl (C=O) groups excluding carboxylic acids is 1. The van der Waals surface area contributed by atoms with Crippen molar-refractivity contribution in [3.63, 3.8) is 0 Å². The van der Waals surface area contributed by atoms with Crippen molar-refractivity contribution in [3.8, 4) is 17.2 Å². The SMILES string of the molecule is COc1cc(/C=C/C(=O)c2c[n+]([O-])c3ccccc3[n+]2[O-])cc(OC)c1OC. The molecule has 1 aromatic heterocycles. The molecule has 3 rings (SSSR count). The maximum Gasteiger partial charge on any atom is 0.330 e. The molecular formula is C20H18N2O6. The second-order valence-electron chi connectivity index (χ2n) is 5.78. The van der Waals surface area contributed by atoms with Crippen LogP contribution < -0.4 is 23.7 Å². The Morgan fingerprint density at radius 1 is 0.964 bits per heavy atom. The molecule has 3 aromatic rings. The van der Waals surface area contributed by atoms with E-state index in [9.17, 15) is 15.2 Å². The summed E-state index contributed by atoms with van der Waals surface area (Å²) in [6.45, 7) is 0. The Balaban J connectivity index is 1.99. The maximum atomic E-state index is 12.5. The van der Waals surface area contributed by atoms with E-state index in [0.29, 0.717) is 32.3 Å². The highest BCUT2D eigenvalue weighted by molar-refractivity contribution is 6.04. The number of rotatable bonds is 6. The van der Waals surface area contributed by atoms with E-state index in [1.807, 2.05) is 0 Å². The molecule has 0 bridgehead atoms. The van der Waals surface area contributed by atoms with Gasteiger partial charge in [-0.3, -0.25) is 4.79 Å². The summed E-state index contributed by atoms with van der Waals surface area (Å²) in [5, 5.41) is 24.6. The average molecular weight is 382 g/mol. The third kappa shape index (κ3) is 3.39. The lowest BCUT2D eigenvalue weighted by molar-refractivity contribution is -0.630. The number of carbonyl (C=O) groups is 1. The number of ketones is 1. The second-order valence-corrected chi connectivity index (χ2v) is 5.78. The van der Waals surface area contributed by atoms with Gasteiger partial charge in [-0.1, -0.05) is 18.2 Å². The van der Waals surface area contributed by atoms with Gasteiger partial charge < -0.3 is 24.6 Å². The molecule has 28 heavy (non-hydrogen) atoms. The Labute approximate surface area is 161 Å². The molecule has 0 atom stereocenters. The van der Waals surface area contributed by atoms with E-state index in [4.69, 9.17) is 14.2 Å². The normalized spacial score (nSPS) is 11.0. The van der Waals surface area contributed by atoms with E-state index in [0.717, 1.165) is 6.20 Å². The van der Waals surface area contributed by atoms with Crippen molar-refractivity contribution in [2.45, 2.75) is 0 Å². The van der Waals surface area contributed by atoms with Gasteiger partial charge in [0.2, 0.25) is 5.75 Å². The third-order valence-corrected chi connectivity index (χ3v) is 4.16. The molecule has 0 spiro atoms. The predicted molar refractivity (Wildman–Crippen MR) is 101 cm³/mol. The summed E-state index contributed by atoms with van der Waals surface area (Å²) < 4.78 is 16.8. The molecule has 0 radical (unpaired) electrons. The van der Waals surface area contributed by atoms with Crippen molar-refractivity contribution in [2.24, 2.45) is 0 Å². The molecule has 144 valence electrons. The third-order valence-electron chi connectivity index (χ3n) is 4.16. The van der Waals surface area contributed by atoms with Crippen LogP contribution >= 0.6 is 0 Å². The highest BCUT2D eigenvalue weighted by Crippen LogP contribution is 2.38. The fraction of sp³-hybridized carbons (Fsp3) is 0.150. The molecule has 0 saturated carbocycles. The first-order valence-corrected chi connectivity index (χ1v) is 8.27. The van der Waals surface area contributed by atoms with Crippen LogP contribution in [-0.2, 0) is 0 Å². The van der Waals surface area contributed by atoms with Gasteiger partial charge in [-0.05, 0) is 23.8 Å². The molecule has 2 aromatic carbocycles. The van der Waals surface area contributed by atoms with Gasteiger partial charge in [-0.15, -0.1) is 0 Å². The van der Waals surface area contributed by atoms with Gasteiger partial charge in [0.05, 0.1) is 21.3 Å². The van der Waals surface area contributed by atoms with Gasteiger partial charge in [0.15, 0.2) is 11.5 Å². The highest BCUT2D eigenvalue weighted by Gasteiger charge is 2.23. The number of fused-ring (bicyclic) bond motifs is 1. The number of aromatic nitrogens is 2. The Kier molecular flexibility index (Phi) is 5.30. The molecular weight excluding hydrogens is 364 g/mol. The number of methoxy groups -OCH3 is 3. The lowest BCUT2D eigenvalue weighted by atomic mass is 10.1. The zero-order valence-electron chi connectivity index (χ0n) is 15.5. The van der Waals surface area contributed by atoms with Gasteiger partial charge >= 0.3 is 5.69 Å². The van der Waals surface area contributed by atoms with Crippen molar-refractivity contribution >= 4 is 22.9 Å². The van der Waals surface area contributed by atoms with Crippen molar-refractivity contribution in [2.75, 3.05) is 21.3 Å². The van der Waals surface area contributed by atoms with Gasteiger partial charge in [0.25, 0.3) is 23.0 Å². The van der Waals surface area contributed by atoms with Crippen LogP contribution in [0.15, 0.2) is 48.7 Å². The number of para-hydroxylation sites is 2. The summed E-state index contributed by atoms with van der Waals surface area (Å²) in [6.07, 6.45) is 3.67. The van der Waals surface area contributed by atoms with Crippen LogP contribution in [0.25, 0.3) is 17.1 Å². The van der Waals surface area contributed by atoms with E-state index in [1.54, 1.807) is 24.3 Å². The number of benzene rings is 2. The number of allylic oxidation sites excluding steroid dienone is 1. The van der Waals surface area contributed by atoms with Gasteiger partial charge in [0.1, 0.15) is 0 Å². The largest absolute Gasteiger partial charge is 0.618 e. The van der Waals surface area contributed by atoms with Gasteiger partial charge in [0, 0.05) is 12.1 Å². The zero-order chi connectivity index (χ0) is 20.3. The fourth-order valence-corrected chi connectivity index (χ4v) is 2.80. The minimum absolute atomic E-state index is 0.115. The first-order valence-electron chi connectivity index (χ1n) is 8.27. The predicted octanol–water partition coefficient (Wildman–Crippen LogP) is 2.03. The molecule has 0 saturated heterocycles. The molecule has 1 heterocycles. The summed E-state index contributed by atoms with van der Waals surface area (Å²) in [5.74, 6) is 0.666. The summed E-state index contributed by atoms with van der Waals surface area (Å²) in [6, 6.07) is 9.57. The molecule has 0 aliphatic heterocycles. The van der Waals surface area contributed by atoms with Crippen LogP contribution in [0.1, 0.15) is 16.1 Å². The minimum atomic E-state index is -0.612. The van der Waals surface area contributed by atoms with E-state index in [-0.39, 0.29) is 16.7 Å². The van der Waals surface area contributed by atoms with Crippen molar-refractivity contribution < 1.29 is 28.5 Å². The van der Waals surface area contributed by atoms with E-state index in [1.165, 1.54) is 45.6 Å².